The van der Waals surface area contributed by atoms with Crippen LogP contribution in [0.15, 0.2) is 83.8 Å². The summed E-state index contributed by atoms with van der Waals surface area (Å²) in [6.45, 7) is 8.41. The number of sulfonamides is 1. The third-order valence-electron chi connectivity index (χ3n) is 5.86. The average molecular weight is 540 g/mol. The number of carbonyl (C=O) groups excluding carboxylic acids is 2. The van der Waals surface area contributed by atoms with Crippen molar-refractivity contribution in [2.45, 2.75) is 57.6 Å². The summed E-state index contributed by atoms with van der Waals surface area (Å²) in [7, 11) is -4.11. The minimum absolute atomic E-state index is 0.00896. The monoisotopic (exact) mass is 539 g/mol. The Labute approximate surface area is 224 Å². The van der Waals surface area contributed by atoms with Crippen LogP contribution in [-0.2, 0) is 26.2 Å². The fourth-order valence-electron chi connectivity index (χ4n) is 3.80. The van der Waals surface area contributed by atoms with Gasteiger partial charge in [0, 0.05) is 12.1 Å². The lowest BCUT2D eigenvalue weighted by atomic mass is 10.1. The van der Waals surface area contributed by atoms with E-state index in [2.05, 4.69) is 5.32 Å². The van der Waals surface area contributed by atoms with Crippen molar-refractivity contribution < 1.29 is 22.4 Å². The standard InChI is InChI=1S/C29H34FN3O4S/c1-21-11-17-25(18-12-21)33(38(36,37)26-9-7-6-8-10-26)20-27(34)32(19-23-13-15-24(30)16-14-23)22(2)28(35)31-29(3,4)5/h6-18,22H,19-20H2,1-5H3,(H,31,35). The van der Waals surface area contributed by atoms with Crippen molar-refractivity contribution in [2.24, 2.45) is 0 Å². The van der Waals surface area contributed by atoms with E-state index in [0.29, 0.717) is 11.3 Å². The normalized spacial score (nSPS) is 12.5. The van der Waals surface area contributed by atoms with E-state index in [1.54, 1.807) is 49.4 Å². The van der Waals surface area contributed by atoms with Gasteiger partial charge in [-0.25, -0.2) is 12.8 Å². The van der Waals surface area contributed by atoms with E-state index in [-0.39, 0.29) is 17.3 Å². The molecular weight excluding hydrogens is 505 g/mol. The molecule has 0 aromatic heterocycles. The quantitative estimate of drug-likeness (QED) is 0.429. The molecular formula is C29H34FN3O4S. The first-order valence-corrected chi connectivity index (χ1v) is 13.7. The molecule has 0 bridgehead atoms. The van der Waals surface area contributed by atoms with E-state index in [1.165, 1.54) is 41.3 Å². The van der Waals surface area contributed by atoms with E-state index in [9.17, 15) is 22.4 Å². The molecule has 0 aliphatic rings. The number of halogens is 1. The van der Waals surface area contributed by atoms with E-state index in [1.807, 2.05) is 27.7 Å². The van der Waals surface area contributed by atoms with Gasteiger partial charge in [-0.1, -0.05) is 48.0 Å². The number of aryl methyl sites for hydroxylation is 1. The molecule has 1 N–H and O–H groups in total. The van der Waals surface area contributed by atoms with Crippen LogP contribution >= 0.6 is 0 Å². The molecule has 0 heterocycles. The first-order valence-electron chi connectivity index (χ1n) is 12.3. The van der Waals surface area contributed by atoms with Crippen LogP contribution in [0, 0.1) is 12.7 Å². The predicted molar refractivity (Wildman–Crippen MR) is 146 cm³/mol. The zero-order valence-electron chi connectivity index (χ0n) is 22.3. The zero-order chi connectivity index (χ0) is 28.1. The minimum atomic E-state index is -4.11. The number of rotatable bonds is 9. The molecule has 2 amide bonds. The molecule has 0 saturated heterocycles. The summed E-state index contributed by atoms with van der Waals surface area (Å²) in [6.07, 6.45) is 0. The van der Waals surface area contributed by atoms with Crippen LogP contribution in [0.5, 0.6) is 0 Å². The van der Waals surface area contributed by atoms with Crippen LogP contribution in [0.1, 0.15) is 38.8 Å². The molecule has 0 aliphatic carbocycles. The first-order chi connectivity index (χ1) is 17.8. The third kappa shape index (κ3) is 7.41. The first kappa shape index (κ1) is 28.8. The lowest BCUT2D eigenvalue weighted by molar-refractivity contribution is -0.140. The molecule has 0 saturated carbocycles. The van der Waals surface area contributed by atoms with E-state index in [0.717, 1.165) is 9.87 Å². The number of benzene rings is 3. The molecule has 0 fully saturated rings. The summed E-state index contributed by atoms with van der Waals surface area (Å²) in [6, 6.07) is 19.4. The molecule has 0 radical (unpaired) electrons. The molecule has 202 valence electrons. The smallest absolute Gasteiger partial charge is 0.264 e. The van der Waals surface area contributed by atoms with Gasteiger partial charge in [0.05, 0.1) is 10.6 Å². The Morgan fingerprint density at radius 3 is 2.05 bits per heavy atom. The van der Waals surface area contributed by atoms with E-state index in [4.69, 9.17) is 0 Å². The molecule has 7 nitrogen and oxygen atoms in total. The van der Waals surface area contributed by atoms with Crippen molar-refractivity contribution in [1.29, 1.82) is 0 Å². The SMILES string of the molecule is Cc1ccc(N(CC(=O)N(Cc2ccc(F)cc2)C(C)C(=O)NC(C)(C)C)S(=O)(=O)c2ccccc2)cc1. The number of nitrogens with one attached hydrogen (secondary N) is 1. The Morgan fingerprint density at radius 1 is 0.921 bits per heavy atom. The van der Waals surface area contributed by atoms with Crippen LogP contribution in [-0.4, -0.2) is 43.3 Å². The summed E-state index contributed by atoms with van der Waals surface area (Å²) >= 11 is 0. The molecule has 3 aromatic carbocycles. The maximum Gasteiger partial charge on any atom is 0.264 e. The molecule has 1 atom stereocenters. The van der Waals surface area contributed by atoms with Crippen LogP contribution in [0.2, 0.25) is 0 Å². The zero-order valence-corrected chi connectivity index (χ0v) is 23.1. The van der Waals surface area contributed by atoms with Gasteiger partial charge in [0.15, 0.2) is 0 Å². The number of amides is 2. The van der Waals surface area contributed by atoms with Gasteiger partial charge in [-0.2, -0.15) is 0 Å². The molecule has 0 spiro atoms. The number of hydrogen-bond acceptors (Lipinski definition) is 4. The summed E-state index contributed by atoms with van der Waals surface area (Å²) in [5.74, 6) is -1.39. The van der Waals surface area contributed by atoms with E-state index >= 15 is 0 Å². The second-order valence-corrected chi connectivity index (χ2v) is 12.1. The Bertz CT molecular complexity index is 1350. The van der Waals surface area contributed by atoms with Crippen molar-refractivity contribution >= 4 is 27.5 Å². The van der Waals surface area contributed by atoms with Crippen LogP contribution < -0.4 is 9.62 Å². The second-order valence-electron chi connectivity index (χ2n) is 10.2. The molecule has 1 unspecified atom stereocenters. The Balaban J connectivity index is 2.01. The topological polar surface area (TPSA) is 86.8 Å². The van der Waals surface area contributed by atoms with Gasteiger partial charge in [-0.15, -0.1) is 0 Å². The Morgan fingerprint density at radius 2 is 1.50 bits per heavy atom. The highest BCUT2D eigenvalue weighted by molar-refractivity contribution is 7.92. The van der Waals surface area contributed by atoms with Crippen molar-refractivity contribution in [3.63, 3.8) is 0 Å². The van der Waals surface area contributed by atoms with Gasteiger partial charge in [0.1, 0.15) is 18.4 Å². The van der Waals surface area contributed by atoms with Crippen molar-refractivity contribution in [1.82, 2.24) is 10.2 Å². The fourth-order valence-corrected chi connectivity index (χ4v) is 5.24. The predicted octanol–water partition coefficient (Wildman–Crippen LogP) is 4.66. The highest BCUT2D eigenvalue weighted by Gasteiger charge is 2.33. The molecule has 3 aromatic rings. The Hall–Kier alpha value is -3.72. The maximum absolute atomic E-state index is 13.8. The summed E-state index contributed by atoms with van der Waals surface area (Å²) in [4.78, 5) is 28.2. The highest BCUT2D eigenvalue weighted by Crippen LogP contribution is 2.25. The second kappa shape index (κ2) is 11.8. The number of nitrogens with zero attached hydrogens (tertiary/aromatic N) is 2. The van der Waals surface area contributed by atoms with Crippen molar-refractivity contribution in [2.75, 3.05) is 10.8 Å². The fraction of sp³-hybridized carbons (Fsp3) is 0.310. The van der Waals surface area contributed by atoms with Crippen LogP contribution in [0.25, 0.3) is 0 Å². The van der Waals surface area contributed by atoms with Gasteiger partial charge in [0.25, 0.3) is 10.0 Å². The number of anilines is 1. The molecule has 3 rings (SSSR count). The largest absolute Gasteiger partial charge is 0.350 e. The lowest BCUT2D eigenvalue weighted by Crippen LogP contribution is -2.54. The third-order valence-corrected chi connectivity index (χ3v) is 7.65. The molecule has 0 aliphatic heterocycles. The van der Waals surface area contributed by atoms with Crippen LogP contribution in [0.4, 0.5) is 10.1 Å². The van der Waals surface area contributed by atoms with Crippen molar-refractivity contribution in [3.05, 3.63) is 95.8 Å². The molecule has 9 heteroatoms. The Kier molecular flexibility index (Phi) is 8.93. The van der Waals surface area contributed by atoms with Gasteiger partial charge in [-0.05, 0) is 76.6 Å². The maximum atomic E-state index is 13.8. The van der Waals surface area contributed by atoms with Crippen LogP contribution in [0.3, 0.4) is 0 Å². The summed E-state index contributed by atoms with van der Waals surface area (Å²) in [5, 5.41) is 2.87. The van der Waals surface area contributed by atoms with Gasteiger partial charge >= 0.3 is 0 Å². The number of carbonyl (C=O) groups is 2. The molecule has 38 heavy (non-hydrogen) atoms. The van der Waals surface area contributed by atoms with Gasteiger partial charge in [0.2, 0.25) is 11.8 Å². The number of hydrogen-bond donors (Lipinski definition) is 1. The minimum Gasteiger partial charge on any atom is -0.350 e. The average Bonchev–Trinajstić information content (AvgIpc) is 2.86. The lowest BCUT2D eigenvalue weighted by Gasteiger charge is -2.33. The van der Waals surface area contributed by atoms with E-state index < -0.39 is 39.9 Å². The summed E-state index contributed by atoms with van der Waals surface area (Å²) in [5.41, 5.74) is 1.31. The van der Waals surface area contributed by atoms with Gasteiger partial charge < -0.3 is 10.2 Å². The van der Waals surface area contributed by atoms with Crippen molar-refractivity contribution in [3.8, 4) is 0 Å². The highest BCUT2D eigenvalue weighted by atomic mass is 32.2. The van der Waals surface area contributed by atoms with Gasteiger partial charge in [-0.3, -0.25) is 13.9 Å². The summed E-state index contributed by atoms with van der Waals surface area (Å²) < 4.78 is 42.0.